The number of rotatable bonds is 1. The standard InChI is InChI=1S/C10H13NO/c1-8-4-3-5-9(11-8)10(2)6-12-7-10/h3-5H,6-7H2,1-2H3. The molecule has 0 bridgehead atoms. The molecule has 1 aliphatic rings. The summed E-state index contributed by atoms with van der Waals surface area (Å²) in [5, 5.41) is 0. The Morgan fingerprint density at radius 2 is 2.17 bits per heavy atom. The number of ether oxygens (including phenoxy) is 1. The summed E-state index contributed by atoms with van der Waals surface area (Å²) in [4.78, 5) is 4.49. The molecule has 2 nitrogen and oxygen atoms in total. The van der Waals surface area contributed by atoms with Crippen LogP contribution in [0.4, 0.5) is 0 Å². The summed E-state index contributed by atoms with van der Waals surface area (Å²) in [5.41, 5.74) is 2.42. The van der Waals surface area contributed by atoms with E-state index in [4.69, 9.17) is 4.74 Å². The van der Waals surface area contributed by atoms with E-state index < -0.39 is 0 Å². The first-order valence-electron chi connectivity index (χ1n) is 4.23. The Kier molecular flexibility index (Phi) is 1.65. The van der Waals surface area contributed by atoms with Gasteiger partial charge in [0.25, 0.3) is 0 Å². The zero-order valence-corrected chi connectivity index (χ0v) is 7.50. The van der Waals surface area contributed by atoms with E-state index >= 15 is 0 Å². The van der Waals surface area contributed by atoms with Gasteiger partial charge in [-0.1, -0.05) is 6.07 Å². The fourth-order valence-corrected chi connectivity index (χ4v) is 1.44. The highest BCUT2D eigenvalue weighted by Gasteiger charge is 2.36. The molecule has 0 aliphatic carbocycles. The Morgan fingerprint density at radius 1 is 1.42 bits per heavy atom. The molecule has 12 heavy (non-hydrogen) atoms. The van der Waals surface area contributed by atoms with E-state index in [1.54, 1.807) is 0 Å². The molecule has 2 rings (SSSR count). The molecule has 1 saturated heterocycles. The molecular weight excluding hydrogens is 150 g/mol. The van der Waals surface area contributed by atoms with Gasteiger partial charge in [-0.2, -0.15) is 0 Å². The smallest absolute Gasteiger partial charge is 0.0598 e. The van der Waals surface area contributed by atoms with Gasteiger partial charge >= 0.3 is 0 Å². The molecule has 0 spiro atoms. The maximum absolute atomic E-state index is 5.19. The minimum Gasteiger partial charge on any atom is -0.379 e. The van der Waals surface area contributed by atoms with E-state index in [1.165, 1.54) is 0 Å². The third kappa shape index (κ3) is 1.12. The maximum Gasteiger partial charge on any atom is 0.0598 e. The summed E-state index contributed by atoms with van der Waals surface area (Å²) in [6, 6.07) is 6.16. The van der Waals surface area contributed by atoms with Crippen LogP contribution < -0.4 is 0 Å². The van der Waals surface area contributed by atoms with Gasteiger partial charge in [-0.3, -0.25) is 4.98 Å². The van der Waals surface area contributed by atoms with Crippen LogP contribution in [0.25, 0.3) is 0 Å². The van der Waals surface area contributed by atoms with E-state index in [2.05, 4.69) is 24.0 Å². The van der Waals surface area contributed by atoms with Gasteiger partial charge in [-0.05, 0) is 26.0 Å². The average Bonchev–Trinajstić information content (AvgIpc) is 2.00. The van der Waals surface area contributed by atoms with E-state index in [0.29, 0.717) is 0 Å². The molecule has 2 heterocycles. The van der Waals surface area contributed by atoms with Crippen molar-refractivity contribution in [3.05, 3.63) is 29.6 Å². The number of pyridine rings is 1. The van der Waals surface area contributed by atoms with Gasteiger partial charge in [0.05, 0.1) is 24.3 Å². The van der Waals surface area contributed by atoms with Crippen molar-refractivity contribution in [1.82, 2.24) is 4.98 Å². The second kappa shape index (κ2) is 2.56. The number of hydrogen-bond donors (Lipinski definition) is 0. The van der Waals surface area contributed by atoms with E-state index in [0.717, 1.165) is 24.6 Å². The predicted octanol–water partition coefficient (Wildman–Crippen LogP) is 1.68. The summed E-state index contributed by atoms with van der Waals surface area (Å²) in [6.07, 6.45) is 0. The van der Waals surface area contributed by atoms with Crippen LogP contribution in [0.3, 0.4) is 0 Å². The summed E-state index contributed by atoms with van der Waals surface area (Å²) >= 11 is 0. The number of hydrogen-bond acceptors (Lipinski definition) is 2. The third-order valence-corrected chi connectivity index (χ3v) is 2.35. The Hall–Kier alpha value is -0.890. The topological polar surface area (TPSA) is 22.1 Å². The van der Waals surface area contributed by atoms with Gasteiger partial charge < -0.3 is 4.74 Å². The number of aromatic nitrogens is 1. The van der Waals surface area contributed by atoms with Crippen molar-refractivity contribution in [1.29, 1.82) is 0 Å². The largest absolute Gasteiger partial charge is 0.379 e. The number of nitrogens with zero attached hydrogens (tertiary/aromatic N) is 1. The zero-order valence-electron chi connectivity index (χ0n) is 7.50. The van der Waals surface area contributed by atoms with Gasteiger partial charge in [-0.25, -0.2) is 0 Å². The molecule has 1 aliphatic heterocycles. The van der Waals surface area contributed by atoms with Crippen molar-refractivity contribution < 1.29 is 4.74 Å². The Labute approximate surface area is 72.6 Å². The maximum atomic E-state index is 5.19. The second-order valence-electron chi connectivity index (χ2n) is 3.72. The lowest BCUT2D eigenvalue weighted by atomic mass is 9.84. The molecule has 1 aromatic rings. The molecule has 0 aromatic carbocycles. The molecule has 1 fully saturated rings. The van der Waals surface area contributed by atoms with Gasteiger partial charge in [0, 0.05) is 5.69 Å². The molecule has 2 heteroatoms. The summed E-state index contributed by atoms with van der Waals surface area (Å²) in [6.45, 7) is 5.83. The zero-order chi connectivity index (χ0) is 8.60. The Balaban J connectivity index is 2.33. The first-order valence-corrected chi connectivity index (χ1v) is 4.23. The summed E-state index contributed by atoms with van der Waals surface area (Å²) in [7, 11) is 0. The molecule has 0 unspecified atom stereocenters. The molecule has 1 aromatic heterocycles. The first-order chi connectivity index (χ1) is 5.71. The quantitative estimate of drug-likeness (QED) is 0.628. The van der Waals surface area contributed by atoms with Crippen molar-refractivity contribution in [2.75, 3.05) is 13.2 Å². The van der Waals surface area contributed by atoms with Crippen LogP contribution in [0.1, 0.15) is 18.3 Å². The SMILES string of the molecule is Cc1cccc(C2(C)COC2)n1. The molecule has 0 N–H and O–H groups in total. The van der Waals surface area contributed by atoms with Crippen LogP contribution >= 0.6 is 0 Å². The van der Waals surface area contributed by atoms with Gasteiger partial charge in [-0.15, -0.1) is 0 Å². The van der Waals surface area contributed by atoms with Crippen LogP contribution in [-0.2, 0) is 10.2 Å². The molecule has 0 amide bonds. The van der Waals surface area contributed by atoms with E-state index in [9.17, 15) is 0 Å². The van der Waals surface area contributed by atoms with Crippen LogP contribution in [0, 0.1) is 6.92 Å². The third-order valence-electron chi connectivity index (χ3n) is 2.35. The first kappa shape index (κ1) is 7.74. The summed E-state index contributed by atoms with van der Waals surface area (Å²) < 4.78 is 5.19. The summed E-state index contributed by atoms with van der Waals surface area (Å²) in [5.74, 6) is 0. The lowest BCUT2D eigenvalue weighted by molar-refractivity contribution is -0.0521. The van der Waals surface area contributed by atoms with E-state index in [-0.39, 0.29) is 5.41 Å². The van der Waals surface area contributed by atoms with Crippen molar-refractivity contribution in [2.24, 2.45) is 0 Å². The highest BCUT2D eigenvalue weighted by molar-refractivity contribution is 5.21. The lowest BCUT2D eigenvalue weighted by Crippen LogP contribution is -2.44. The fourth-order valence-electron chi connectivity index (χ4n) is 1.44. The minimum absolute atomic E-state index is 0.173. The molecule has 0 saturated carbocycles. The molecular formula is C10H13NO. The number of aryl methyl sites for hydroxylation is 1. The lowest BCUT2D eigenvalue weighted by Gasteiger charge is -2.37. The van der Waals surface area contributed by atoms with Gasteiger partial charge in [0.15, 0.2) is 0 Å². The molecule has 64 valence electrons. The minimum atomic E-state index is 0.173. The van der Waals surface area contributed by atoms with Crippen molar-refractivity contribution in [3.63, 3.8) is 0 Å². The van der Waals surface area contributed by atoms with E-state index in [1.807, 2.05) is 13.0 Å². The Morgan fingerprint density at radius 3 is 2.67 bits per heavy atom. The second-order valence-corrected chi connectivity index (χ2v) is 3.72. The van der Waals surface area contributed by atoms with Crippen molar-refractivity contribution in [3.8, 4) is 0 Å². The highest BCUT2D eigenvalue weighted by Crippen LogP contribution is 2.29. The fraction of sp³-hybridized carbons (Fsp3) is 0.500. The molecule has 0 radical (unpaired) electrons. The Bertz CT molecular complexity index is 292. The van der Waals surface area contributed by atoms with Gasteiger partial charge in [0.1, 0.15) is 0 Å². The van der Waals surface area contributed by atoms with Crippen LogP contribution in [0.2, 0.25) is 0 Å². The average molecular weight is 163 g/mol. The normalized spacial score (nSPS) is 20.2. The monoisotopic (exact) mass is 163 g/mol. The van der Waals surface area contributed by atoms with Gasteiger partial charge in [0.2, 0.25) is 0 Å². The van der Waals surface area contributed by atoms with Crippen molar-refractivity contribution >= 4 is 0 Å². The van der Waals surface area contributed by atoms with Crippen LogP contribution in [0.15, 0.2) is 18.2 Å². The predicted molar refractivity (Wildman–Crippen MR) is 47.1 cm³/mol. The van der Waals surface area contributed by atoms with Crippen molar-refractivity contribution in [2.45, 2.75) is 19.3 Å². The molecule has 0 atom stereocenters. The van der Waals surface area contributed by atoms with Crippen LogP contribution in [0.5, 0.6) is 0 Å². The van der Waals surface area contributed by atoms with Crippen LogP contribution in [-0.4, -0.2) is 18.2 Å². The highest BCUT2D eigenvalue weighted by atomic mass is 16.5.